The minimum absolute atomic E-state index is 0.0632. The molecule has 3 heterocycles. The van der Waals surface area contributed by atoms with E-state index in [2.05, 4.69) is 27.0 Å². The maximum Gasteiger partial charge on any atom is 0.547 e. The SMILES string of the molecule is CCOC(=O)[C@H](C)OC(=O)OCN1[C+]=NN(C[C@@](O)(c2ccc(F)cc2F)[C@@H](C)N2CCN(c3ccc(-n4cnnn4)cc3)C2=O)C1. The van der Waals surface area contributed by atoms with Crippen LogP contribution in [0, 0.1) is 11.6 Å². The molecule has 16 nitrogen and oxygen atoms in total. The van der Waals surface area contributed by atoms with Crippen LogP contribution in [0.4, 0.5) is 24.1 Å². The summed E-state index contributed by atoms with van der Waals surface area (Å²) < 4.78 is 45.3. The number of hydrazone groups is 1. The predicted octanol–water partition coefficient (Wildman–Crippen LogP) is 1.92. The molecule has 0 unspecified atom stereocenters. The first-order valence-corrected chi connectivity index (χ1v) is 14.6. The average Bonchev–Trinajstić information content (AvgIpc) is 3.82. The summed E-state index contributed by atoms with van der Waals surface area (Å²) >= 11 is 0. The number of anilines is 1. The van der Waals surface area contributed by atoms with Crippen molar-refractivity contribution in [3.63, 3.8) is 0 Å². The molecule has 18 heteroatoms. The number of carbonyl (C=O) groups excluding carboxylic acids is 3. The zero-order chi connectivity index (χ0) is 33.7. The van der Waals surface area contributed by atoms with Crippen LogP contribution in [0.1, 0.15) is 26.3 Å². The van der Waals surface area contributed by atoms with Gasteiger partial charge in [0, 0.05) is 30.4 Å². The molecule has 2 aromatic carbocycles. The third-order valence-electron chi connectivity index (χ3n) is 7.69. The lowest BCUT2D eigenvalue weighted by molar-refractivity contribution is -0.153. The van der Waals surface area contributed by atoms with E-state index in [0.29, 0.717) is 17.4 Å². The van der Waals surface area contributed by atoms with Gasteiger partial charge >= 0.3 is 24.5 Å². The van der Waals surface area contributed by atoms with Crippen LogP contribution in [0.25, 0.3) is 5.69 Å². The summed E-state index contributed by atoms with van der Waals surface area (Å²) in [5, 5.41) is 28.7. The number of aromatic nitrogens is 4. The number of aliphatic hydroxyl groups is 1. The normalized spacial score (nSPS) is 16.9. The smallest absolute Gasteiger partial charge is 0.463 e. The van der Waals surface area contributed by atoms with Crippen LogP contribution in [-0.2, 0) is 24.6 Å². The molecule has 5 rings (SSSR count). The second-order valence-corrected chi connectivity index (χ2v) is 10.7. The molecule has 1 saturated heterocycles. The first kappa shape index (κ1) is 32.9. The molecule has 1 aromatic heterocycles. The van der Waals surface area contributed by atoms with Gasteiger partial charge in [-0.1, -0.05) is 11.0 Å². The van der Waals surface area contributed by atoms with E-state index in [-0.39, 0.29) is 45.2 Å². The van der Waals surface area contributed by atoms with Gasteiger partial charge in [-0.2, -0.15) is 0 Å². The van der Waals surface area contributed by atoms with E-state index in [1.807, 2.05) is 0 Å². The maximum absolute atomic E-state index is 15.2. The molecule has 1 fully saturated rings. The fourth-order valence-corrected chi connectivity index (χ4v) is 5.20. The standard InChI is InChI=1S/C29H32F2N9O7/c1-4-45-26(41)19(2)47-28(43)46-18-36-16-33-37(17-36)14-29(44,24-10-5-21(30)13-25(24)31)20(3)38-11-12-39(27(38)42)22-6-8-23(9-7-22)40-15-32-34-35-40/h5-10,13,15,19-20,44H,4,11-12,14,17-18H2,1-3H3/q+1/t19-,20+,29-/m0/s1. The Morgan fingerprint density at radius 1 is 1.09 bits per heavy atom. The number of rotatable bonds is 12. The zero-order valence-corrected chi connectivity index (χ0v) is 25.7. The Morgan fingerprint density at radius 2 is 1.83 bits per heavy atom. The molecule has 248 valence electrons. The third-order valence-corrected chi connectivity index (χ3v) is 7.69. The Hall–Kier alpha value is -5.48. The number of hydrogen-bond donors (Lipinski definition) is 1. The number of halogens is 2. The molecule has 2 aliphatic heterocycles. The van der Waals surface area contributed by atoms with E-state index < -0.39 is 47.5 Å². The van der Waals surface area contributed by atoms with Crippen molar-refractivity contribution >= 4 is 30.2 Å². The van der Waals surface area contributed by atoms with Crippen molar-refractivity contribution in [3.05, 3.63) is 66.0 Å². The van der Waals surface area contributed by atoms with E-state index in [1.165, 1.54) is 37.6 Å². The highest BCUT2D eigenvalue weighted by Crippen LogP contribution is 2.35. The highest BCUT2D eigenvalue weighted by molar-refractivity contribution is 5.94. The van der Waals surface area contributed by atoms with E-state index in [9.17, 15) is 23.9 Å². The molecule has 0 aliphatic carbocycles. The van der Waals surface area contributed by atoms with Crippen LogP contribution in [0.2, 0.25) is 0 Å². The topological polar surface area (TPSA) is 168 Å². The van der Waals surface area contributed by atoms with E-state index >= 15 is 4.39 Å². The average molecular weight is 657 g/mol. The van der Waals surface area contributed by atoms with Crippen LogP contribution >= 0.6 is 0 Å². The zero-order valence-electron chi connectivity index (χ0n) is 25.7. The summed E-state index contributed by atoms with van der Waals surface area (Å²) in [5.41, 5.74) is -1.07. The lowest BCUT2D eigenvalue weighted by Crippen LogP contribution is -2.55. The first-order valence-electron chi connectivity index (χ1n) is 14.6. The van der Waals surface area contributed by atoms with Gasteiger partial charge in [-0.25, -0.2) is 32.9 Å². The van der Waals surface area contributed by atoms with Crippen LogP contribution in [-0.4, -0.2) is 116 Å². The molecule has 47 heavy (non-hydrogen) atoms. The van der Waals surface area contributed by atoms with E-state index in [4.69, 9.17) is 14.2 Å². The molecular weight excluding hydrogens is 624 g/mol. The first-order chi connectivity index (χ1) is 22.5. The number of esters is 1. The second-order valence-electron chi connectivity index (χ2n) is 10.7. The largest absolute Gasteiger partial charge is 0.547 e. The van der Waals surface area contributed by atoms with Gasteiger partial charge in [-0.05, 0) is 61.5 Å². The number of benzene rings is 2. The van der Waals surface area contributed by atoms with Crippen molar-refractivity contribution in [2.75, 3.05) is 44.5 Å². The number of ether oxygens (including phenoxy) is 3. The number of carbonyl (C=O) groups is 3. The van der Waals surface area contributed by atoms with Crippen molar-refractivity contribution < 1.29 is 42.5 Å². The van der Waals surface area contributed by atoms with Crippen LogP contribution in [0.5, 0.6) is 0 Å². The molecule has 1 N–H and O–H groups in total. The lowest BCUT2D eigenvalue weighted by Gasteiger charge is -2.40. The van der Waals surface area contributed by atoms with Crippen molar-refractivity contribution in [1.82, 2.24) is 35.0 Å². The molecule has 2 amide bonds. The summed E-state index contributed by atoms with van der Waals surface area (Å²) in [7, 11) is 0. The molecule has 2 aliphatic rings. The number of urea groups is 1. The Bertz CT molecular complexity index is 1610. The molecule has 3 atom stereocenters. The Labute approximate surface area is 267 Å². The fraction of sp³-hybridized carbons (Fsp3) is 0.414. The number of tetrazole rings is 1. The van der Waals surface area contributed by atoms with Gasteiger partial charge in [0.1, 0.15) is 28.7 Å². The van der Waals surface area contributed by atoms with Crippen LogP contribution in [0.3, 0.4) is 0 Å². The highest BCUT2D eigenvalue weighted by Gasteiger charge is 2.48. The monoisotopic (exact) mass is 656 g/mol. The molecule has 0 saturated carbocycles. The molecular formula is C29H32F2N9O7+. The highest BCUT2D eigenvalue weighted by atomic mass is 19.1. The Balaban J connectivity index is 1.27. The number of β-amino-alcohol motifs (C(OH)–C–C–N with tert-alkyl or cyclic N) is 1. The Kier molecular flexibility index (Phi) is 9.72. The van der Waals surface area contributed by atoms with Gasteiger partial charge in [0.05, 0.1) is 24.9 Å². The van der Waals surface area contributed by atoms with Gasteiger partial charge in [0.2, 0.25) is 6.73 Å². The van der Waals surface area contributed by atoms with Crippen LogP contribution in [0.15, 0.2) is 53.9 Å². The maximum atomic E-state index is 15.2. The Morgan fingerprint density at radius 3 is 2.51 bits per heavy atom. The fourth-order valence-electron chi connectivity index (χ4n) is 5.20. The van der Waals surface area contributed by atoms with E-state index in [0.717, 1.165) is 12.1 Å². The van der Waals surface area contributed by atoms with Gasteiger partial charge in [-0.15, -0.1) is 5.10 Å². The van der Waals surface area contributed by atoms with Crippen molar-refractivity contribution in [1.29, 1.82) is 0 Å². The minimum atomic E-state index is -2.09. The quantitative estimate of drug-likeness (QED) is 0.223. The number of amides is 2. The van der Waals surface area contributed by atoms with Crippen LogP contribution < -0.4 is 4.90 Å². The molecule has 0 spiro atoms. The van der Waals surface area contributed by atoms with Gasteiger partial charge < -0.3 is 24.2 Å². The van der Waals surface area contributed by atoms with Gasteiger partial charge in [0.15, 0.2) is 12.8 Å². The summed E-state index contributed by atoms with van der Waals surface area (Å²) in [5.74, 6) is -2.58. The summed E-state index contributed by atoms with van der Waals surface area (Å²) in [6.45, 7) is 4.31. The molecule has 0 radical (unpaired) electrons. The minimum Gasteiger partial charge on any atom is -0.463 e. The van der Waals surface area contributed by atoms with Crippen molar-refractivity contribution in [2.24, 2.45) is 5.10 Å². The predicted molar refractivity (Wildman–Crippen MR) is 158 cm³/mol. The molecule has 0 bridgehead atoms. The number of hydrogen-bond acceptors (Lipinski definition) is 13. The summed E-state index contributed by atoms with van der Waals surface area (Å²) in [6, 6.07) is 8.28. The van der Waals surface area contributed by atoms with Crippen molar-refractivity contribution in [3.8, 4) is 5.69 Å². The third kappa shape index (κ3) is 7.18. The summed E-state index contributed by atoms with van der Waals surface area (Å²) in [4.78, 5) is 41.6. The van der Waals surface area contributed by atoms with E-state index in [1.54, 1.807) is 38.1 Å². The number of nitrogens with zero attached hydrogens (tertiary/aromatic N) is 9. The van der Waals surface area contributed by atoms with Gasteiger partial charge in [-0.3, -0.25) is 4.90 Å². The van der Waals surface area contributed by atoms with Gasteiger partial charge in [0.25, 0.3) is 0 Å². The van der Waals surface area contributed by atoms with Crippen molar-refractivity contribution in [2.45, 2.75) is 38.5 Å². The summed E-state index contributed by atoms with van der Waals surface area (Å²) in [6.07, 6.45) is 1.73. The lowest BCUT2D eigenvalue weighted by atomic mass is 9.85. The second kappa shape index (κ2) is 13.9. The molecule has 3 aromatic rings.